The van der Waals surface area contributed by atoms with Crippen molar-refractivity contribution in [2.24, 2.45) is 4.99 Å². The zero-order chi connectivity index (χ0) is 20.4. The molecule has 6 nitrogen and oxygen atoms in total. The first-order valence-corrected chi connectivity index (χ1v) is 9.13. The highest BCUT2D eigenvalue weighted by atomic mass is 127. The summed E-state index contributed by atoms with van der Waals surface area (Å²) in [5.41, 5.74) is 1.05. The largest absolute Gasteiger partial charge is 0.486 e. The van der Waals surface area contributed by atoms with Crippen LogP contribution in [0.4, 0.5) is 4.39 Å². The van der Waals surface area contributed by atoms with E-state index < -0.39 is 5.82 Å². The van der Waals surface area contributed by atoms with Gasteiger partial charge in [0, 0.05) is 14.1 Å². The van der Waals surface area contributed by atoms with E-state index in [9.17, 15) is 9.18 Å². The number of halogens is 2. The van der Waals surface area contributed by atoms with E-state index in [0.29, 0.717) is 19.0 Å². The van der Waals surface area contributed by atoms with E-state index in [1.165, 1.54) is 11.0 Å². The summed E-state index contributed by atoms with van der Waals surface area (Å²) in [6, 6.07) is 16.1. The highest BCUT2D eigenvalue weighted by molar-refractivity contribution is 14.0. The van der Waals surface area contributed by atoms with Gasteiger partial charge in [0.25, 0.3) is 0 Å². The van der Waals surface area contributed by atoms with Gasteiger partial charge in [-0.25, -0.2) is 9.38 Å². The fraction of sp³-hybridized carbons (Fsp3) is 0.333. The number of likely N-dealkylation sites (N-methyl/N-ethyl adjacent to an activating group) is 1. The molecule has 0 bridgehead atoms. The zero-order valence-corrected chi connectivity index (χ0v) is 19.2. The summed E-state index contributed by atoms with van der Waals surface area (Å²) in [4.78, 5) is 17.9. The summed E-state index contributed by atoms with van der Waals surface area (Å²) in [6.07, 6.45) is -0.301. The molecule has 0 aliphatic carbocycles. The summed E-state index contributed by atoms with van der Waals surface area (Å²) < 4.78 is 19.3. The van der Waals surface area contributed by atoms with Crippen LogP contribution in [0.3, 0.4) is 0 Å². The van der Waals surface area contributed by atoms with Crippen molar-refractivity contribution in [2.75, 3.05) is 27.2 Å². The molecule has 1 amide bonds. The van der Waals surface area contributed by atoms with Crippen LogP contribution in [0.1, 0.15) is 12.5 Å². The standard InChI is InChI=1S/C21H27FN4O2.HI/c1-16(28-19-12-8-7-11-18(19)22)13-23-21(25-15-20(27)26(2)3)24-14-17-9-5-4-6-10-17;/h4-12,16H,13-15H2,1-3H3,(H2,23,24,25);1H. The third-order valence-corrected chi connectivity index (χ3v) is 3.89. The molecule has 2 aromatic carbocycles. The number of carbonyl (C=O) groups is 1. The Hall–Kier alpha value is -2.36. The first-order chi connectivity index (χ1) is 13.5. The maximum atomic E-state index is 13.7. The number of amides is 1. The lowest BCUT2D eigenvalue weighted by molar-refractivity contribution is -0.127. The van der Waals surface area contributed by atoms with Crippen molar-refractivity contribution in [3.63, 3.8) is 0 Å². The van der Waals surface area contributed by atoms with Gasteiger partial charge in [-0.3, -0.25) is 4.79 Å². The number of ether oxygens (including phenoxy) is 1. The van der Waals surface area contributed by atoms with Gasteiger partial charge >= 0.3 is 0 Å². The lowest BCUT2D eigenvalue weighted by atomic mass is 10.2. The number of hydrogen-bond acceptors (Lipinski definition) is 3. The summed E-state index contributed by atoms with van der Waals surface area (Å²) >= 11 is 0. The second-order valence-electron chi connectivity index (χ2n) is 6.53. The number of carbonyl (C=O) groups excluding carboxylic acids is 1. The van der Waals surface area contributed by atoms with Gasteiger partial charge in [-0.2, -0.15) is 0 Å². The van der Waals surface area contributed by atoms with Gasteiger partial charge in [0.2, 0.25) is 5.91 Å². The SMILES string of the molecule is CC(CNC(=NCc1ccccc1)NCC(=O)N(C)C)Oc1ccccc1F.I. The molecule has 1 atom stereocenters. The zero-order valence-electron chi connectivity index (χ0n) is 16.9. The van der Waals surface area contributed by atoms with Crippen molar-refractivity contribution in [1.82, 2.24) is 15.5 Å². The van der Waals surface area contributed by atoms with Gasteiger partial charge in [-0.05, 0) is 24.6 Å². The summed E-state index contributed by atoms with van der Waals surface area (Å²) in [5.74, 6) is 0.227. The number of aliphatic imine (C=N–C) groups is 1. The Labute approximate surface area is 188 Å². The van der Waals surface area contributed by atoms with Crippen LogP contribution in [0, 0.1) is 5.82 Å². The van der Waals surface area contributed by atoms with E-state index in [4.69, 9.17) is 4.74 Å². The molecule has 0 radical (unpaired) electrons. The Bertz CT molecular complexity index is 787. The molecule has 1 unspecified atom stereocenters. The lowest BCUT2D eigenvalue weighted by Gasteiger charge is -2.19. The molecule has 0 saturated heterocycles. The van der Waals surface area contributed by atoms with Crippen molar-refractivity contribution in [3.8, 4) is 5.75 Å². The van der Waals surface area contributed by atoms with Crippen LogP contribution >= 0.6 is 24.0 Å². The molecule has 0 spiro atoms. The topological polar surface area (TPSA) is 66.0 Å². The predicted octanol–water partition coefficient (Wildman–Crippen LogP) is 3.03. The smallest absolute Gasteiger partial charge is 0.241 e. The second kappa shape index (κ2) is 13.0. The van der Waals surface area contributed by atoms with Crippen molar-refractivity contribution < 1.29 is 13.9 Å². The van der Waals surface area contributed by atoms with Crippen LogP contribution in [0.2, 0.25) is 0 Å². The number of rotatable bonds is 8. The minimum atomic E-state index is -0.401. The van der Waals surface area contributed by atoms with E-state index in [-0.39, 0.29) is 48.3 Å². The fourth-order valence-corrected chi connectivity index (χ4v) is 2.28. The van der Waals surface area contributed by atoms with Gasteiger partial charge < -0.3 is 20.3 Å². The average molecular weight is 514 g/mol. The molecule has 2 aromatic rings. The summed E-state index contributed by atoms with van der Waals surface area (Å²) in [6.45, 7) is 2.81. The van der Waals surface area contributed by atoms with Crippen molar-refractivity contribution >= 4 is 35.8 Å². The van der Waals surface area contributed by atoms with Crippen LogP contribution in [-0.4, -0.2) is 50.1 Å². The van der Waals surface area contributed by atoms with Crippen LogP contribution in [0.25, 0.3) is 0 Å². The van der Waals surface area contributed by atoms with Gasteiger partial charge in [-0.1, -0.05) is 42.5 Å². The number of hydrogen-bond donors (Lipinski definition) is 2. The normalized spacial score (nSPS) is 11.8. The first kappa shape index (κ1) is 24.7. The molecule has 0 aromatic heterocycles. The molecular formula is C21H28FIN4O2. The molecule has 0 aliphatic rings. The molecule has 8 heteroatoms. The Morgan fingerprint density at radius 3 is 2.41 bits per heavy atom. The molecule has 2 N–H and O–H groups in total. The Balaban J connectivity index is 0.00000420. The number of nitrogens with one attached hydrogen (secondary N) is 2. The minimum Gasteiger partial charge on any atom is -0.486 e. The number of guanidine groups is 1. The first-order valence-electron chi connectivity index (χ1n) is 9.13. The molecule has 2 rings (SSSR count). The van der Waals surface area contributed by atoms with Crippen molar-refractivity contribution in [1.29, 1.82) is 0 Å². The van der Waals surface area contributed by atoms with E-state index >= 15 is 0 Å². The average Bonchev–Trinajstić information content (AvgIpc) is 2.69. The van der Waals surface area contributed by atoms with Crippen LogP contribution in [0.15, 0.2) is 59.6 Å². The van der Waals surface area contributed by atoms with E-state index in [2.05, 4.69) is 15.6 Å². The molecule has 29 heavy (non-hydrogen) atoms. The van der Waals surface area contributed by atoms with Crippen molar-refractivity contribution in [2.45, 2.75) is 19.6 Å². The van der Waals surface area contributed by atoms with E-state index in [1.54, 1.807) is 32.3 Å². The summed E-state index contributed by atoms with van der Waals surface area (Å²) in [7, 11) is 3.39. The predicted molar refractivity (Wildman–Crippen MR) is 124 cm³/mol. The highest BCUT2D eigenvalue weighted by Gasteiger charge is 2.10. The van der Waals surface area contributed by atoms with Crippen LogP contribution < -0.4 is 15.4 Å². The summed E-state index contributed by atoms with van der Waals surface area (Å²) in [5, 5.41) is 6.16. The van der Waals surface area contributed by atoms with Crippen molar-refractivity contribution in [3.05, 3.63) is 66.0 Å². The maximum Gasteiger partial charge on any atom is 0.241 e. The van der Waals surface area contributed by atoms with Gasteiger partial charge in [-0.15, -0.1) is 24.0 Å². The second-order valence-corrected chi connectivity index (χ2v) is 6.53. The molecule has 158 valence electrons. The molecule has 0 saturated carbocycles. The Morgan fingerprint density at radius 1 is 1.10 bits per heavy atom. The monoisotopic (exact) mass is 514 g/mol. The number of para-hydroxylation sites is 1. The van der Waals surface area contributed by atoms with Gasteiger partial charge in [0.15, 0.2) is 17.5 Å². The lowest BCUT2D eigenvalue weighted by Crippen LogP contribution is -2.45. The quantitative estimate of drug-likeness (QED) is 0.323. The van der Waals surface area contributed by atoms with Crippen LogP contribution in [0.5, 0.6) is 5.75 Å². The molecule has 0 fully saturated rings. The van der Waals surface area contributed by atoms with E-state index in [1.807, 2.05) is 37.3 Å². The van der Waals surface area contributed by atoms with Crippen LogP contribution in [-0.2, 0) is 11.3 Å². The molecule has 0 aliphatic heterocycles. The number of benzene rings is 2. The van der Waals surface area contributed by atoms with E-state index in [0.717, 1.165) is 5.56 Å². The molecule has 0 heterocycles. The minimum absolute atomic E-state index is 0. The maximum absolute atomic E-state index is 13.7. The fourth-order valence-electron chi connectivity index (χ4n) is 2.28. The van der Waals surface area contributed by atoms with Gasteiger partial charge in [0.05, 0.1) is 19.6 Å². The number of nitrogens with zero attached hydrogens (tertiary/aromatic N) is 2. The Kier molecular flexibility index (Phi) is 11.0. The molecular weight excluding hydrogens is 486 g/mol. The Morgan fingerprint density at radius 2 is 1.76 bits per heavy atom. The highest BCUT2D eigenvalue weighted by Crippen LogP contribution is 2.16. The van der Waals surface area contributed by atoms with Gasteiger partial charge in [0.1, 0.15) is 6.10 Å². The third kappa shape index (κ3) is 9.12. The third-order valence-electron chi connectivity index (χ3n) is 3.89.